The largest absolute Gasteiger partial charge is 0.490 e. The number of imidazole rings is 1. The van der Waals surface area contributed by atoms with Crippen LogP contribution in [0.2, 0.25) is 0 Å². The number of nitrogen functional groups attached to an aromatic ring is 1. The molecular formula is C13H18FN6O12P3S. The molecule has 3 rings (SSSR count). The van der Waals surface area contributed by atoms with Gasteiger partial charge in [0.05, 0.1) is 15.6 Å². The number of aliphatic hydroxyl groups excluding tert-OH is 1. The molecule has 10 N–H and O–H groups in total. The molecule has 1 aliphatic heterocycles. The lowest BCUT2D eigenvalue weighted by Crippen LogP contribution is -2.53. The van der Waals surface area contributed by atoms with Crippen LogP contribution < -0.4 is 11.5 Å². The smallest absolute Gasteiger partial charge is 0.387 e. The number of hydrogen-bond acceptors (Lipinski definition) is 13. The van der Waals surface area contributed by atoms with Crippen LogP contribution in [-0.2, 0) is 31.6 Å². The minimum Gasteiger partial charge on any atom is -0.387 e. The van der Waals surface area contributed by atoms with Crippen molar-refractivity contribution in [2.45, 2.75) is 24.0 Å². The number of fused-ring (bicyclic) bond motifs is 1. The summed E-state index contributed by atoms with van der Waals surface area (Å²) in [5.41, 5.74) is 9.51. The van der Waals surface area contributed by atoms with Gasteiger partial charge in [0.15, 0.2) is 22.4 Å². The summed E-state index contributed by atoms with van der Waals surface area (Å²) in [5.74, 6) is 3.95. The van der Waals surface area contributed by atoms with Crippen LogP contribution in [0.5, 0.6) is 0 Å². The first-order valence-electron chi connectivity index (χ1n) is 9.96. The van der Waals surface area contributed by atoms with Crippen LogP contribution in [-0.4, -0.2) is 75.2 Å². The number of alkyl halides is 1. The molecule has 6 atom stereocenters. The highest BCUT2D eigenvalue weighted by Gasteiger charge is 2.55. The van der Waals surface area contributed by atoms with Crippen LogP contribution >= 0.6 is 35.7 Å². The molecule has 2 aromatic rings. The summed E-state index contributed by atoms with van der Waals surface area (Å²) in [5, 5.41) is 10.9. The fraction of sp³-hybridized carbons (Fsp3) is 0.462. The third-order valence-electron chi connectivity index (χ3n) is 4.25. The lowest BCUT2D eigenvalue weighted by molar-refractivity contribution is -0.0438. The van der Waals surface area contributed by atoms with Crippen molar-refractivity contribution < 1.29 is 63.4 Å². The number of H-pyrrole nitrogens is 1. The van der Waals surface area contributed by atoms with Gasteiger partial charge in [-0.3, -0.25) is 9.09 Å². The molecule has 0 spiro atoms. The van der Waals surface area contributed by atoms with E-state index in [0.717, 1.165) is 10.9 Å². The summed E-state index contributed by atoms with van der Waals surface area (Å²) in [6.07, 6.45) is -5.31. The molecule has 0 bridgehead atoms. The highest BCUT2D eigenvalue weighted by atomic mass is 32.1. The second-order valence-electron chi connectivity index (χ2n) is 6.80. The van der Waals surface area contributed by atoms with E-state index in [1.807, 2.05) is 5.92 Å². The Labute approximate surface area is 207 Å². The van der Waals surface area contributed by atoms with Crippen molar-refractivity contribution in [1.29, 1.82) is 0 Å². The number of aromatic nitrogens is 4. The number of nitrogens with one attached hydrogen (secondary N) is 1. The van der Waals surface area contributed by atoms with Crippen molar-refractivity contribution in [3.8, 4) is 11.8 Å². The molecule has 3 unspecified atom stereocenters. The number of hydrogen-bond donors (Lipinski definition) is 8. The van der Waals surface area contributed by atoms with Gasteiger partial charge in [-0.05, 0) is 0 Å². The number of anilines is 1. The average molecular weight is 596 g/mol. The normalized spacial score (nSPS) is 29.0. The number of phosphoric ester groups is 1. The van der Waals surface area contributed by atoms with Gasteiger partial charge in [0.25, 0.3) is 0 Å². The van der Waals surface area contributed by atoms with Crippen molar-refractivity contribution in [2.75, 3.05) is 19.0 Å². The minimum absolute atomic E-state index is 0.00864. The van der Waals surface area contributed by atoms with Gasteiger partial charge in [0.2, 0.25) is 0 Å². The monoisotopic (exact) mass is 596 g/mol. The van der Waals surface area contributed by atoms with Crippen LogP contribution in [0.4, 0.5) is 10.3 Å². The molecule has 0 saturated carbocycles. The van der Waals surface area contributed by atoms with Gasteiger partial charge in [0, 0.05) is 0 Å². The molecular weight excluding hydrogens is 576 g/mol. The van der Waals surface area contributed by atoms with Crippen molar-refractivity contribution in [2.24, 2.45) is 5.73 Å². The lowest BCUT2D eigenvalue weighted by atomic mass is 9.91. The molecule has 36 heavy (non-hydrogen) atoms. The quantitative estimate of drug-likeness (QED) is 0.107. The van der Waals surface area contributed by atoms with E-state index in [1.165, 1.54) is 0 Å². The third kappa shape index (κ3) is 6.42. The van der Waals surface area contributed by atoms with Crippen molar-refractivity contribution >= 4 is 52.8 Å². The zero-order valence-corrected chi connectivity index (χ0v) is 20.7. The van der Waals surface area contributed by atoms with E-state index in [9.17, 15) is 33.0 Å². The summed E-state index contributed by atoms with van der Waals surface area (Å²) >= 11 is 5.06. The van der Waals surface area contributed by atoms with E-state index < -0.39 is 60.7 Å². The van der Waals surface area contributed by atoms with Gasteiger partial charge >= 0.3 is 23.5 Å². The predicted molar refractivity (Wildman–Crippen MR) is 118 cm³/mol. The summed E-state index contributed by atoms with van der Waals surface area (Å²) in [7, 11) is -17.8. The van der Waals surface area contributed by atoms with Crippen LogP contribution in [0.3, 0.4) is 0 Å². The van der Waals surface area contributed by atoms with Gasteiger partial charge in [-0.1, -0.05) is 24.1 Å². The zero-order valence-electron chi connectivity index (χ0n) is 19.2. The van der Waals surface area contributed by atoms with E-state index in [4.69, 9.17) is 41.0 Å². The fourth-order valence-electron chi connectivity index (χ4n) is 2.98. The Morgan fingerprint density at radius 1 is 1.33 bits per heavy atom. The lowest BCUT2D eigenvalue weighted by Gasteiger charge is -2.27. The van der Waals surface area contributed by atoms with Crippen LogP contribution in [0.15, 0.2) is 6.33 Å². The molecule has 18 nitrogen and oxygen atoms in total. The Hall–Kier alpha value is -1.65. The van der Waals surface area contributed by atoms with Gasteiger partial charge in [-0.25, -0.2) is 28.1 Å². The fourth-order valence-corrected chi connectivity index (χ4v) is 6.10. The second-order valence-corrected chi connectivity index (χ2v) is 11.5. The zero-order chi connectivity index (χ0) is 28.9. The standard InChI is InChI=1S/C13H18FN6O12P3S/c14-3-1-2-13(16)8(21)6(4-29-34(25,26)32-35(27,28)31-33(22,23)24)30-11(13)20-5-17-7-9(20)18-12(15)19-10(7)36/h5-6,8,11,21H,3-4,16H2,(H,25,26)(H,27,28)(H2,22,23,24)(H3,15,18,19,36)/t6-,8+,11-,13?/m1/s1/i4D2. The molecule has 200 valence electrons. The van der Waals surface area contributed by atoms with Crippen LogP contribution in [0.25, 0.3) is 11.2 Å². The summed E-state index contributed by atoms with van der Waals surface area (Å²) in [4.78, 5) is 46.6. The Balaban J connectivity index is 2.01. The summed E-state index contributed by atoms with van der Waals surface area (Å²) in [6, 6.07) is 0. The Morgan fingerprint density at radius 2 is 2.00 bits per heavy atom. The number of aliphatic hydroxyl groups is 1. The van der Waals surface area contributed by atoms with E-state index >= 15 is 0 Å². The molecule has 0 aliphatic carbocycles. The van der Waals surface area contributed by atoms with Crippen molar-refractivity contribution in [3.05, 3.63) is 11.0 Å². The molecule has 0 radical (unpaired) electrons. The van der Waals surface area contributed by atoms with E-state index in [2.05, 4.69) is 34.0 Å². The molecule has 0 amide bonds. The number of nitrogens with zero attached hydrogens (tertiary/aromatic N) is 3. The minimum atomic E-state index is -6.04. The first-order valence-corrected chi connectivity index (χ1v) is 13.9. The maximum Gasteiger partial charge on any atom is 0.490 e. The summed E-state index contributed by atoms with van der Waals surface area (Å²) in [6.45, 7) is -4.88. The third-order valence-corrected chi connectivity index (χ3v) is 8.20. The van der Waals surface area contributed by atoms with Gasteiger partial charge in [-0.15, -0.1) is 0 Å². The van der Waals surface area contributed by atoms with Crippen molar-refractivity contribution in [3.63, 3.8) is 0 Å². The molecule has 1 aliphatic rings. The Kier molecular flexibility index (Phi) is 7.40. The summed E-state index contributed by atoms with van der Waals surface area (Å²) < 4.78 is 81.2. The second kappa shape index (κ2) is 10.3. The number of phosphoric acid groups is 3. The van der Waals surface area contributed by atoms with Gasteiger partial charge < -0.3 is 45.9 Å². The first kappa shape index (κ1) is 26.0. The highest BCUT2D eigenvalue weighted by Crippen LogP contribution is 2.66. The number of ether oxygens (including phenoxy) is 1. The molecule has 0 aromatic carbocycles. The molecule has 3 heterocycles. The first-order chi connectivity index (χ1) is 17.2. The van der Waals surface area contributed by atoms with Crippen molar-refractivity contribution in [1.82, 2.24) is 19.5 Å². The van der Waals surface area contributed by atoms with Gasteiger partial charge in [-0.2, -0.15) is 8.62 Å². The molecule has 1 saturated heterocycles. The SMILES string of the molecule is [2H]C([2H])(OP(=O)(O)OP(=O)(O)OP(=O)(O)O)[C@H]1O[C@@H](n2cnc3c(=S)nc(N)[nH]c32)C(N)(C#CCF)[C@H]1O. The number of aromatic amines is 1. The molecule has 23 heteroatoms. The van der Waals surface area contributed by atoms with E-state index in [0.29, 0.717) is 0 Å². The maximum atomic E-state index is 12.9. The van der Waals surface area contributed by atoms with E-state index in [-0.39, 0.29) is 21.8 Å². The predicted octanol–water partition coefficient (Wildman–Crippen LogP) is -0.657. The van der Waals surface area contributed by atoms with E-state index in [1.54, 1.807) is 0 Å². The number of nitrogens with two attached hydrogens (primary N) is 2. The number of halogens is 1. The maximum absolute atomic E-state index is 12.9. The van der Waals surface area contributed by atoms with Gasteiger partial charge in [0.1, 0.15) is 30.0 Å². The molecule has 1 fully saturated rings. The Bertz CT molecular complexity index is 1510. The Morgan fingerprint density at radius 3 is 2.61 bits per heavy atom. The van der Waals surface area contributed by atoms with Crippen LogP contribution in [0, 0.1) is 16.5 Å². The van der Waals surface area contributed by atoms with Crippen LogP contribution in [0.1, 0.15) is 8.97 Å². The average Bonchev–Trinajstić information content (AvgIpc) is 3.22. The molecule has 2 aromatic heterocycles. The highest BCUT2D eigenvalue weighted by molar-refractivity contribution is 7.71. The number of rotatable bonds is 8. The topological polar surface area (TPSA) is 288 Å².